The van der Waals surface area contributed by atoms with Gasteiger partial charge in [-0.1, -0.05) is 0 Å². The van der Waals surface area contributed by atoms with E-state index in [4.69, 9.17) is 19.5 Å². The minimum atomic E-state index is -0.408. The Kier molecular flexibility index (Phi) is 4.73. The van der Waals surface area contributed by atoms with Gasteiger partial charge >= 0.3 is 0 Å². The first kappa shape index (κ1) is 17.4. The molecule has 9 heteroatoms. The smallest absolute Gasteiger partial charge is 0.257 e. The SMILES string of the molecule is CC(c1nc2c(cc1F)OCCO2)N1CC[C@@H](Oc2ccc(C#N)nn2)C1. The van der Waals surface area contributed by atoms with Crippen LogP contribution in [-0.4, -0.2) is 52.5 Å². The number of hydrogen-bond donors (Lipinski definition) is 0. The van der Waals surface area contributed by atoms with E-state index in [-0.39, 0.29) is 17.8 Å². The van der Waals surface area contributed by atoms with Crippen molar-refractivity contribution in [1.82, 2.24) is 20.1 Å². The summed E-state index contributed by atoms with van der Waals surface area (Å²) in [6.07, 6.45) is 0.688. The Morgan fingerprint density at radius 2 is 2.19 bits per heavy atom. The summed E-state index contributed by atoms with van der Waals surface area (Å²) in [5, 5.41) is 16.4. The molecule has 1 saturated heterocycles. The molecule has 0 amide bonds. The molecule has 140 valence electrons. The van der Waals surface area contributed by atoms with Gasteiger partial charge < -0.3 is 14.2 Å². The van der Waals surface area contributed by atoms with Crippen LogP contribution in [0.25, 0.3) is 0 Å². The van der Waals surface area contributed by atoms with Gasteiger partial charge in [0, 0.05) is 25.2 Å². The quantitative estimate of drug-likeness (QED) is 0.804. The second-order valence-corrected chi connectivity index (χ2v) is 6.42. The number of fused-ring (bicyclic) bond motifs is 1. The van der Waals surface area contributed by atoms with Gasteiger partial charge in [-0.15, -0.1) is 10.2 Å². The number of pyridine rings is 1. The molecule has 0 radical (unpaired) electrons. The van der Waals surface area contributed by atoms with Crippen LogP contribution in [0, 0.1) is 17.1 Å². The van der Waals surface area contributed by atoms with Gasteiger partial charge in [-0.05, 0) is 19.4 Å². The first-order valence-electron chi connectivity index (χ1n) is 8.74. The Morgan fingerprint density at radius 3 is 2.96 bits per heavy atom. The summed E-state index contributed by atoms with van der Waals surface area (Å²) in [5.74, 6) is 0.646. The predicted molar refractivity (Wildman–Crippen MR) is 91.0 cm³/mol. The number of hydrogen-bond acceptors (Lipinski definition) is 8. The van der Waals surface area contributed by atoms with Crippen molar-refractivity contribution < 1.29 is 18.6 Å². The molecule has 2 aromatic rings. The second kappa shape index (κ2) is 7.32. The van der Waals surface area contributed by atoms with Gasteiger partial charge in [0.15, 0.2) is 11.4 Å². The normalized spacial score (nSPS) is 20.1. The van der Waals surface area contributed by atoms with Crippen molar-refractivity contribution in [3.8, 4) is 23.6 Å². The molecular weight excluding hydrogens is 353 g/mol. The van der Waals surface area contributed by atoms with E-state index in [1.807, 2.05) is 13.0 Å². The summed E-state index contributed by atoms with van der Waals surface area (Å²) in [5.41, 5.74) is 0.572. The molecule has 27 heavy (non-hydrogen) atoms. The zero-order valence-electron chi connectivity index (χ0n) is 14.8. The summed E-state index contributed by atoms with van der Waals surface area (Å²) in [6.45, 7) is 4.06. The summed E-state index contributed by atoms with van der Waals surface area (Å²) in [7, 11) is 0. The van der Waals surface area contributed by atoms with Gasteiger partial charge in [-0.3, -0.25) is 4.90 Å². The second-order valence-electron chi connectivity index (χ2n) is 6.42. The summed E-state index contributed by atoms with van der Waals surface area (Å²) in [4.78, 5) is 6.43. The van der Waals surface area contributed by atoms with Crippen LogP contribution in [-0.2, 0) is 0 Å². The van der Waals surface area contributed by atoms with E-state index in [1.165, 1.54) is 6.07 Å². The molecule has 0 aromatic carbocycles. The molecule has 2 aliphatic rings. The summed E-state index contributed by atoms with van der Waals surface area (Å²) >= 11 is 0. The molecule has 1 unspecified atom stereocenters. The highest BCUT2D eigenvalue weighted by atomic mass is 19.1. The van der Waals surface area contributed by atoms with Gasteiger partial charge in [0.25, 0.3) is 5.88 Å². The lowest BCUT2D eigenvalue weighted by Crippen LogP contribution is -2.29. The van der Waals surface area contributed by atoms with Crippen molar-refractivity contribution >= 4 is 0 Å². The topological polar surface area (TPSA) is 93.4 Å². The van der Waals surface area contributed by atoms with Crippen LogP contribution < -0.4 is 14.2 Å². The van der Waals surface area contributed by atoms with E-state index >= 15 is 0 Å². The van der Waals surface area contributed by atoms with E-state index in [9.17, 15) is 4.39 Å². The van der Waals surface area contributed by atoms with Crippen LogP contribution in [0.5, 0.6) is 17.5 Å². The Hall–Kier alpha value is -2.99. The number of halogens is 1. The van der Waals surface area contributed by atoms with Crippen molar-refractivity contribution in [3.63, 3.8) is 0 Å². The third-order valence-electron chi connectivity index (χ3n) is 4.68. The molecule has 8 nitrogen and oxygen atoms in total. The predicted octanol–water partition coefficient (Wildman–Crippen LogP) is 1.87. The van der Waals surface area contributed by atoms with Crippen molar-refractivity contribution in [2.45, 2.75) is 25.5 Å². The fraction of sp³-hybridized carbons (Fsp3) is 0.444. The number of likely N-dealkylation sites (tertiary alicyclic amines) is 1. The maximum Gasteiger partial charge on any atom is 0.257 e. The van der Waals surface area contributed by atoms with Gasteiger partial charge in [-0.2, -0.15) is 5.26 Å². The lowest BCUT2D eigenvalue weighted by molar-refractivity contribution is 0.157. The average Bonchev–Trinajstić information content (AvgIpc) is 3.16. The number of ether oxygens (including phenoxy) is 3. The third kappa shape index (κ3) is 3.61. The van der Waals surface area contributed by atoms with Crippen molar-refractivity contribution in [2.24, 2.45) is 0 Å². The molecule has 2 aromatic heterocycles. The van der Waals surface area contributed by atoms with Gasteiger partial charge in [0.05, 0.1) is 11.7 Å². The first-order chi connectivity index (χ1) is 13.1. The zero-order valence-corrected chi connectivity index (χ0v) is 14.8. The molecule has 0 bridgehead atoms. The Morgan fingerprint density at radius 1 is 1.33 bits per heavy atom. The zero-order chi connectivity index (χ0) is 18.8. The Labute approximate surface area is 155 Å². The number of aromatic nitrogens is 3. The minimum Gasteiger partial charge on any atom is -0.484 e. The van der Waals surface area contributed by atoms with Crippen LogP contribution in [0.4, 0.5) is 4.39 Å². The molecule has 1 fully saturated rings. The lowest BCUT2D eigenvalue weighted by atomic mass is 10.1. The number of nitriles is 1. The minimum absolute atomic E-state index is 0.0880. The lowest BCUT2D eigenvalue weighted by Gasteiger charge is -2.25. The monoisotopic (exact) mass is 371 g/mol. The average molecular weight is 371 g/mol. The van der Waals surface area contributed by atoms with E-state index in [1.54, 1.807) is 12.1 Å². The maximum atomic E-state index is 14.5. The molecule has 0 aliphatic carbocycles. The van der Waals surface area contributed by atoms with Crippen LogP contribution in [0.15, 0.2) is 18.2 Å². The number of rotatable bonds is 4. The largest absolute Gasteiger partial charge is 0.484 e. The Balaban J connectivity index is 1.43. The molecular formula is C18H18FN5O3. The molecule has 0 N–H and O–H groups in total. The summed E-state index contributed by atoms with van der Waals surface area (Å²) < 4.78 is 31.2. The fourth-order valence-corrected chi connectivity index (χ4v) is 3.25. The highest BCUT2D eigenvalue weighted by Gasteiger charge is 2.31. The number of nitrogens with zero attached hydrogens (tertiary/aromatic N) is 5. The van der Waals surface area contributed by atoms with Gasteiger partial charge in [0.1, 0.15) is 31.2 Å². The third-order valence-corrected chi connectivity index (χ3v) is 4.68. The summed E-state index contributed by atoms with van der Waals surface area (Å²) in [6, 6.07) is 6.20. The van der Waals surface area contributed by atoms with E-state index in [0.29, 0.717) is 43.0 Å². The van der Waals surface area contributed by atoms with Gasteiger partial charge in [0.2, 0.25) is 5.88 Å². The maximum absolute atomic E-state index is 14.5. The fourth-order valence-electron chi connectivity index (χ4n) is 3.25. The molecule has 2 aliphatic heterocycles. The molecule has 0 spiro atoms. The van der Waals surface area contributed by atoms with Crippen molar-refractivity contribution in [3.05, 3.63) is 35.4 Å². The first-order valence-corrected chi connectivity index (χ1v) is 8.74. The van der Waals surface area contributed by atoms with Crippen LogP contribution in [0.1, 0.15) is 30.8 Å². The Bertz CT molecular complexity index is 871. The van der Waals surface area contributed by atoms with E-state index < -0.39 is 5.82 Å². The molecule has 4 heterocycles. The van der Waals surface area contributed by atoms with Crippen LogP contribution in [0.2, 0.25) is 0 Å². The molecule has 2 atom stereocenters. The van der Waals surface area contributed by atoms with E-state index in [2.05, 4.69) is 20.1 Å². The van der Waals surface area contributed by atoms with Crippen LogP contribution in [0.3, 0.4) is 0 Å². The molecule has 0 saturated carbocycles. The van der Waals surface area contributed by atoms with E-state index in [0.717, 1.165) is 13.0 Å². The highest BCUT2D eigenvalue weighted by Crippen LogP contribution is 2.34. The van der Waals surface area contributed by atoms with Crippen molar-refractivity contribution in [1.29, 1.82) is 5.26 Å². The standard InChI is InChI=1S/C18H18FN5O3/c1-11(17-14(19)8-15-18(21-17)26-7-6-25-15)24-5-4-13(10-24)27-16-3-2-12(9-20)22-23-16/h2-3,8,11,13H,4-7,10H2,1H3/t11?,13-/m1/s1. The van der Waals surface area contributed by atoms with Gasteiger partial charge in [-0.25, -0.2) is 9.37 Å². The molecule has 4 rings (SSSR count). The van der Waals surface area contributed by atoms with Crippen molar-refractivity contribution in [2.75, 3.05) is 26.3 Å². The highest BCUT2D eigenvalue weighted by molar-refractivity contribution is 5.37. The van der Waals surface area contributed by atoms with Crippen LogP contribution >= 0.6 is 0 Å².